The molecule has 1 aliphatic rings. The molecule has 0 aromatic carbocycles. The van der Waals surface area contributed by atoms with Crippen LogP contribution < -0.4 is 4.90 Å². The number of β-amino-alcohol motifs (C(OH)–C–C–N with tert-alkyl or cyclic N) is 1. The van der Waals surface area contributed by atoms with E-state index in [2.05, 4.69) is 14.8 Å². The summed E-state index contributed by atoms with van der Waals surface area (Å²) in [6, 6.07) is 3.80. The van der Waals surface area contributed by atoms with Crippen LogP contribution in [0.3, 0.4) is 0 Å². The van der Waals surface area contributed by atoms with E-state index in [1.165, 1.54) is 10.8 Å². The quantitative estimate of drug-likeness (QED) is 0.617. The van der Waals surface area contributed by atoms with Crippen molar-refractivity contribution >= 4 is 11.7 Å². The summed E-state index contributed by atoms with van der Waals surface area (Å²) in [5.41, 5.74) is 0. The molecule has 1 atom stereocenters. The van der Waals surface area contributed by atoms with Gasteiger partial charge in [-0.15, -0.1) is 0 Å². The summed E-state index contributed by atoms with van der Waals surface area (Å²) in [7, 11) is 0. The topological polar surface area (TPSA) is 101 Å². The van der Waals surface area contributed by atoms with Gasteiger partial charge in [-0.25, -0.2) is 9.55 Å². The van der Waals surface area contributed by atoms with Gasteiger partial charge < -0.3 is 24.5 Å². The van der Waals surface area contributed by atoms with Crippen LogP contribution in [0.1, 0.15) is 5.82 Å². The minimum atomic E-state index is -0.688. The zero-order valence-electron chi connectivity index (χ0n) is 13.5. The summed E-state index contributed by atoms with van der Waals surface area (Å²) >= 11 is 0. The third kappa shape index (κ3) is 3.57. The van der Waals surface area contributed by atoms with Crippen molar-refractivity contribution in [1.29, 1.82) is 0 Å². The molecule has 2 aromatic rings. The smallest absolute Gasteiger partial charge is 0.342 e. The number of aliphatic hydroxyl groups is 1. The van der Waals surface area contributed by atoms with E-state index in [4.69, 9.17) is 4.42 Å². The first-order valence-corrected chi connectivity index (χ1v) is 7.90. The Morgan fingerprint density at radius 2 is 2.12 bits per heavy atom. The van der Waals surface area contributed by atoms with Gasteiger partial charge in [-0.3, -0.25) is 4.90 Å². The highest BCUT2D eigenvalue weighted by molar-refractivity contribution is 5.35. The molecule has 3 heterocycles. The van der Waals surface area contributed by atoms with Gasteiger partial charge in [0.05, 0.1) is 6.26 Å². The number of hydrogen-bond donors (Lipinski definition) is 1. The van der Waals surface area contributed by atoms with Crippen LogP contribution in [0.4, 0.5) is 11.7 Å². The first-order chi connectivity index (χ1) is 11.5. The molecule has 9 heteroatoms. The van der Waals surface area contributed by atoms with Crippen LogP contribution >= 0.6 is 0 Å². The summed E-state index contributed by atoms with van der Waals surface area (Å²) in [6.07, 6.45) is 2.20. The predicted octanol–water partition coefficient (Wildman–Crippen LogP) is 0.876. The molecule has 1 saturated heterocycles. The van der Waals surface area contributed by atoms with Crippen molar-refractivity contribution < 1.29 is 14.4 Å². The second-order valence-electron chi connectivity index (χ2n) is 5.92. The van der Waals surface area contributed by atoms with E-state index in [0.29, 0.717) is 12.4 Å². The van der Waals surface area contributed by atoms with E-state index < -0.39 is 11.0 Å². The highest BCUT2D eigenvalue weighted by Crippen LogP contribution is 2.17. The number of anilines is 1. The van der Waals surface area contributed by atoms with Gasteiger partial charge in [-0.1, -0.05) is 0 Å². The molecule has 1 fully saturated rings. The molecule has 24 heavy (non-hydrogen) atoms. The molecular formula is C15H21N5O4. The van der Waals surface area contributed by atoms with Crippen molar-refractivity contribution in [3.05, 3.63) is 40.5 Å². The monoisotopic (exact) mass is 335 g/mol. The predicted molar refractivity (Wildman–Crippen MR) is 87.0 cm³/mol. The zero-order chi connectivity index (χ0) is 17.1. The van der Waals surface area contributed by atoms with Crippen molar-refractivity contribution in [2.75, 3.05) is 37.6 Å². The maximum Gasteiger partial charge on any atom is 0.342 e. The lowest BCUT2D eigenvalue weighted by atomic mass is 10.2. The van der Waals surface area contributed by atoms with Gasteiger partial charge in [0.1, 0.15) is 18.8 Å². The third-order valence-corrected chi connectivity index (χ3v) is 4.27. The molecule has 0 spiro atoms. The average molecular weight is 335 g/mol. The Labute approximate surface area is 139 Å². The molecule has 130 valence electrons. The van der Waals surface area contributed by atoms with Gasteiger partial charge in [-0.05, 0) is 11.0 Å². The molecule has 0 aliphatic carbocycles. The Bertz CT molecular complexity index is 676. The van der Waals surface area contributed by atoms with Gasteiger partial charge in [0, 0.05) is 45.7 Å². The maximum atomic E-state index is 11.0. The van der Waals surface area contributed by atoms with Crippen molar-refractivity contribution in [3.63, 3.8) is 0 Å². The van der Waals surface area contributed by atoms with E-state index in [-0.39, 0.29) is 12.4 Å². The normalized spacial score (nSPS) is 17.2. The van der Waals surface area contributed by atoms with Gasteiger partial charge >= 0.3 is 5.82 Å². The number of aliphatic hydroxyl groups excluding tert-OH is 1. The molecular weight excluding hydrogens is 314 g/mol. The maximum absolute atomic E-state index is 11.0. The molecule has 0 amide bonds. The molecule has 1 aliphatic heterocycles. The molecule has 0 radical (unpaired) electrons. The highest BCUT2D eigenvalue weighted by Gasteiger charge is 2.24. The largest absolute Gasteiger partial charge is 0.449 e. The average Bonchev–Trinajstić information content (AvgIpc) is 3.19. The lowest BCUT2D eigenvalue weighted by Gasteiger charge is -2.35. The number of furan rings is 1. The van der Waals surface area contributed by atoms with Crippen molar-refractivity contribution in [2.24, 2.45) is 0 Å². The highest BCUT2D eigenvalue weighted by atomic mass is 16.6. The van der Waals surface area contributed by atoms with E-state index in [1.54, 1.807) is 13.2 Å². The van der Waals surface area contributed by atoms with E-state index in [1.807, 2.05) is 12.1 Å². The summed E-state index contributed by atoms with van der Waals surface area (Å²) in [5.74, 6) is 1.30. The molecule has 1 unspecified atom stereocenters. The Morgan fingerprint density at radius 3 is 2.75 bits per heavy atom. The fourth-order valence-corrected chi connectivity index (χ4v) is 2.99. The van der Waals surface area contributed by atoms with Gasteiger partial charge in [0.2, 0.25) is 0 Å². The third-order valence-electron chi connectivity index (χ3n) is 4.27. The van der Waals surface area contributed by atoms with E-state index in [0.717, 1.165) is 32.1 Å². The number of nitro groups is 1. The first-order valence-electron chi connectivity index (χ1n) is 7.90. The standard InChI is InChI=1S/C15H21N5O4/c1-12-16-9-14(20(22)23)19(12)11-13(21)10-17-4-6-18(7-5-17)15-3-2-8-24-15/h2-3,8-9,13,21H,4-7,10-11H2,1H3. The minimum absolute atomic E-state index is 0.0887. The lowest BCUT2D eigenvalue weighted by molar-refractivity contribution is -0.392. The Hall–Kier alpha value is -2.39. The van der Waals surface area contributed by atoms with Crippen molar-refractivity contribution in [1.82, 2.24) is 14.5 Å². The van der Waals surface area contributed by atoms with Crippen molar-refractivity contribution in [3.8, 4) is 0 Å². The molecule has 1 N–H and O–H groups in total. The van der Waals surface area contributed by atoms with E-state index in [9.17, 15) is 15.2 Å². The fraction of sp³-hybridized carbons (Fsp3) is 0.533. The number of aryl methyl sites for hydroxylation is 1. The van der Waals surface area contributed by atoms with E-state index >= 15 is 0 Å². The SMILES string of the molecule is Cc1ncc([N+](=O)[O-])n1CC(O)CN1CCN(c2ccco2)CC1. The molecule has 2 aromatic heterocycles. The Morgan fingerprint density at radius 1 is 1.38 bits per heavy atom. The summed E-state index contributed by atoms with van der Waals surface area (Å²) < 4.78 is 6.84. The minimum Gasteiger partial charge on any atom is -0.449 e. The molecule has 0 bridgehead atoms. The van der Waals surface area contributed by atoms with Crippen LogP contribution in [-0.2, 0) is 6.54 Å². The number of piperazine rings is 1. The number of nitrogens with zero attached hydrogens (tertiary/aromatic N) is 5. The second-order valence-corrected chi connectivity index (χ2v) is 5.92. The van der Waals surface area contributed by atoms with Crippen LogP contribution in [0.2, 0.25) is 0 Å². The van der Waals surface area contributed by atoms with Crippen LogP contribution in [0.25, 0.3) is 0 Å². The Kier molecular flexibility index (Phi) is 4.81. The van der Waals surface area contributed by atoms with Crippen LogP contribution in [0, 0.1) is 17.0 Å². The Balaban J connectivity index is 1.52. The molecule has 0 saturated carbocycles. The number of imidazole rings is 1. The van der Waals surface area contributed by atoms with Crippen LogP contribution in [-0.4, -0.2) is 63.3 Å². The number of aromatic nitrogens is 2. The van der Waals surface area contributed by atoms with Crippen LogP contribution in [0.5, 0.6) is 0 Å². The molecule has 9 nitrogen and oxygen atoms in total. The van der Waals surface area contributed by atoms with Gasteiger partial charge in [-0.2, -0.15) is 0 Å². The summed E-state index contributed by atoms with van der Waals surface area (Å²) in [4.78, 5) is 18.8. The molecule has 3 rings (SSSR count). The number of rotatable bonds is 6. The van der Waals surface area contributed by atoms with Gasteiger partial charge in [0.15, 0.2) is 11.7 Å². The first kappa shape index (κ1) is 16.5. The summed E-state index contributed by atoms with van der Waals surface area (Å²) in [6.45, 7) is 5.60. The zero-order valence-corrected chi connectivity index (χ0v) is 13.5. The lowest BCUT2D eigenvalue weighted by Crippen LogP contribution is -2.49. The van der Waals surface area contributed by atoms with Gasteiger partial charge in [0.25, 0.3) is 0 Å². The fourth-order valence-electron chi connectivity index (χ4n) is 2.99. The summed E-state index contributed by atoms with van der Waals surface area (Å²) in [5, 5.41) is 21.3. The van der Waals surface area contributed by atoms with Crippen molar-refractivity contribution in [2.45, 2.75) is 19.6 Å². The number of hydrogen-bond acceptors (Lipinski definition) is 7. The second kappa shape index (κ2) is 7.02. The van der Waals surface area contributed by atoms with Crippen LogP contribution in [0.15, 0.2) is 29.0 Å².